The Kier molecular flexibility index (Phi) is 6.24. The van der Waals surface area contributed by atoms with Gasteiger partial charge in [-0.1, -0.05) is 6.92 Å². The minimum Gasteiger partial charge on any atom is -0.319 e. The molecule has 1 N–H and O–H groups in total. The van der Waals surface area contributed by atoms with Crippen molar-refractivity contribution in [3.63, 3.8) is 0 Å². The molecular formula is C11H22F3N3O2S. The number of halogens is 3. The van der Waals surface area contributed by atoms with Gasteiger partial charge in [0.05, 0.1) is 0 Å². The first-order valence-corrected chi connectivity index (χ1v) is 8.07. The molecule has 0 radical (unpaired) electrons. The van der Waals surface area contributed by atoms with Gasteiger partial charge in [-0.25, -0.2) is 0 Å². The lowest BCUT2D eigenvalue weighted by Crippen LogP contribution is -2.50. The number of hydrogen-bond acceptors (Lipinski definition) is 3. The van der Waals surface area contributed by atoms with E-state index in [4.69, 9.17) is 0 Å². The molecule has 1 heterocycles. The summed E-state index contributed by atoms with van der Waals surface area (Å²) in [4.78, 5) is 0. The Bertz CT molecular complexity index is 392. The Balaban J connectivity index is 2.68. The molecule has 0 aliphatic carbocycles. The lowest BCUT2D eigenvalue weighted by molar-refractivity contribution is -0.136. The second kappa shape index (κ2) is 7.06. The molecule has 20 heavy (non-hydrogen) atoms. The second-order valence-corrected chi connectivity index (χ2v) is 6.88. The van der Waals surface area contributed by atoms with Crippen molar-refractivity contribution in [3.05, 3.63) is 0 Å². The van der Waals surface area contributed by atoms with Crippen LogP contribution in [0.2, 0.25) is 0 Å². The second-order valence-electron chi connectivity index (χ2n) is 4.95. The summed E-state index contributed by atoms with van der Waals surface area (Å²) >= 11 is 0. The van der Waals surface area contributed by atoms with E-state index >= 15 is 0 Å². The summed E-state index contributed by atoms with van der Waals surface area (Å²) in [5.74, 6) is 0.379. The predicted molar refractivity (Wildman–Crippen MR) is 70.4 cm³/mol. The van der Waals surface area contributed by atoms with Gasteiger partial charge in [-0.3, -0.25) is 0 Å². The van der Waals surface area contributed by atoms with Gasteiger partial charge in [0, 0.05) is 19.6 Å². The standard InChI is InChI=1S/C11H22F3N3O2S/c1-3-16(9-11(12,13)14)20(18,19)17-6-4-10(5-7-17)8-15-2/h10,15H,3-9H2,1-2H3. The molecule has 0 aromatic heterocycles. The molecule has 1 rings (SSSR count). The zero-order valence-corrected chi connectivity index (χ0v) is 12.6. The van der Waals surface area contributed by atoms with Crippen LogP contribution in [0.15, 0.2) is 0 Å². The number of piperidine rings is 1. The van der Waals surface area contributed by atoms with Gasteiger partial charge in [-0.15, -0.1) is 0 Å². The highest BCUT2D eigenvalue weighted by atomic mass is 32.2. The molecular weight excluding hydrogens is 295 g/mol. The van der Waals surface area contributed by atoms with E-state index in [-0.39, 0.29) is 19.6 Å². The highest BCUT2D eigenvalue weighted by Crippen LogP contribution is 2.24. The summed E-state index contributed by atoms with van der Waals surface area (Å²) in [6.45, 7) is 1.16. The summed E-state index contributed by atoms with van der Waals surface area (Å²) in [5, 5.41) is 3.03. The van der Waals surface area contributed by atoms with E-state index in [2.05, 4.69) is 5.32 Å². The van der Waals surface area contributed by atoms with Crippen molar-refractivity contribution in [1.29, 1.82) is 0 Å². The molecule has 0 unspecified atom stereocenters. The molecule has 0 saturated carbocycles. The molecule has 1 saturated heterocycles. The zero-order valence-electron chi connectivity index (χ0n) is 11.8. The maximum atomic E-state index is 12.4. The maximum Gasteiger partial charge on any atom is 0.402 e. The molecule has 0 aromatic rings. The van der Waals surface area contributed by atoms with Crippen molar-refractivity contribution < 1.29 is 21.6 Å². The lowest BCUT2D eigenvalue weighted by atomic mass is 9.98. The molecule has 0 atom stereocenters. The first-order chi connectivity index (χ1) is 9.20. The van der Waals surface area contributed by atoms with Gasteiger partial charge in [-0.05, 0) is 32.4 Å². The average Bonchev–Trinajstić information content (AvgIpc) is 2.36. The highest BCUT2D eigenvalue weighted by molar-refractivity contribution is 7.86. The van der Waals surface area contributed by atoms with Crippen LogP contribution < -0.4 is 5.32 Å². The van der Waals surface area contributed by atoms with Crippen LogP contribution in [0.3, 0.4) is 0 Å². The third-order valence-corrected chi connectivity index (χ3v) is 5.48. The molecule has 1 aliphatic rings. The van der Waals surface area contributed by atoms with Gasteiger partial charge < -0.3 is 5.32 Å². The van der Waals surface area contributed by atoms with E-state index in [0.29, 0.717) is 23.1 Å². The Morgan fingerprint density at radius 1 is 1.30 bits per heavy atom. The van der Waals surface area contributed by atoms with Crippen molar-refractivity contribution in [2.45, 2.75) is 25.9 Å². The summed E-state index contributed by atoms with van der Waals surface area (Å²) in [6, 6.07) is 0. The Morgan fingerprint density at radius 3 is 2.25 bits per heavy atom. The van der Waals surface area contributed by atoms with Crippen molar-refractivity contribution in [2.75, 3.05) is 39.8 Å². The zero-order chi connectivity index (χ0) is 15.4. The normalized spacial score (nSPS) is 19.7. The summed E-state index contributed by atoms with van der Waals surface area (Å²) in [6.07, 6.45) is -3.18. The fourth-order valence-electron chi connectivity index (χ4n) is 2.35. The third kappa shape index (κ3) is 4.87. The summed E-state index contributed by atoms with van der Waals surface area (Å²) < 4.78 is 63.3. The Morgan fingerprint density at radius 2 is 1.85 bits per heavy atom. The van der Waals surface area contributed by atoms with Crippen LogP contribution in [0.25, 0.3) is 0 Å². The van der Waals surface area contributed by atoms with E-state index in [0.717, 1.165) is 10.8 Å². The molecule has 120 valence electrons. The van der Waals surface area contributed by atoms with Crippen LogP contribution in [0.4, 0.5) is 13.2 Å². The number of nitrogens with one attached hydrogen (secondary N) is 1. The molecule has 0 amide bonds. The van der Waals surface area contributed by atoms with Crippen molar-refractivity contribution >= 4 is 10.2 Å². The van der Waals surface area contributed by atoms with Crippen LogP contribution in [-0.2, 0) is 10.2 Å². The van der Waals surface area contributed by atoms with Crippen molar-refractivity contribution in [1.82, 2.24) is 13.9 Å². The first-order valence-electron chi connectivity index (χ1n) is 6.67. The summed E-state index contributed by atoms with van der Waals surface area (Å²) in [7, 11) is -2.19. The van der Waals surface area contributed by atoms with Crippen LogP contribution in [0.1, 0.15) is 19.8 Å². The number of hydrogen-bond donors (Lipinski definition) is 1. The largest absolute Gasteiger partial charge is 0.402 e. The fraction of sp³-hybridized carbons (Fsp3) is 1.00. The maximum absolute atomic E-state index is 12.4. The molecule has 5 nitrogen and oxygen atoms in total. The molecule has 0 aromatic carbocycles. The Hall–Kier alpha value is -0.380. The van der Waals surface area contributed by atoms with Gasteiger partial charge in [0.25, 0.3) is 10.2 Å². The molecule has 1 aliphatic heterocycles. The van der Waals surface area contributed by atoms with Crippen LogP contribution in [-0.4, -0.2) is 63.0 Å². The minimum absolute atomic E-state index is 0.182. The fourth-order valence-corrected chi connectivity index (χ4v) is 3.99. The average molecular weight is 317 g/mol. The Labute approximate surface area is 118 Å². The molecule has 0 bridgehead atoms. The van der Waals surface area contributed by atoms with Gasteiger partial charge in [0.2, 0.25) is 0 Å². The van der Waals surface area contributed by atoms with E-state index in [1.54, 1.807) is 0 Å². The lowest BCUT2D eigenvalue weighted by Gasteiger charge is -2.34. The van der Waals surface area contributed by atoms with Gasteiger partial charge in [0.15, 0.2) is 0 Å². The highest BCUT2D eigenvalue weighted by Gasteiger charge is 2.39. The monoisotopic (exact) mass is 317 g/mol. The van der Waals surface area contributed by atoms with Crippen LogP contribution in [0, 0.1) is 5.92 Å². The number of nitrogens with zero attached hydrogens (tertiary/aromatic N) is 2. The summed E-state index contributed by atoms with van der Waals surface area (Å²) in [5.41, 5.74) is 0. The quantitative estimate of drug-likeness (QED) is 0.797. The van der Waals surface area contributed by atoms with Crippen LogP contribution in [0.5, 0.6) is 0 Å². The van der Waals surface area contributed by atoms with E-state index in [1.807, 2.05) is 7.05 Å². The molecule has 9 heteroatoms. The predicted octanol–water partition coefficient (Wildman–Crippen LogP) is 1.05. The van der Waals surface area contributed by atoms with Crippen LogP contribution >= 0.6 is 0 Å². The minimum atomic E-state index is -4.52. The smallest absolute Gasteiger partial charge is 0.319 e. The van der Waals surface area contributed by atoms with Crippen molar-refractivity contribution in [2.24, 2.45) is 5.92 Å². The van der Waals surface area contributed by atoms with E-state index < -0.39 is 22.9 Å². The molecule has 1 fully saturated rings. The topological polar surface area (TPSA) is 52.7 Å². The SMILES string of the molecule is CCN(CC(F)(F)F)S(=O)(=O)N1CCC(CNC)CC1. The number of rotatable bonds is 6. The van der Waals surface area contributed by atoms with Crippen molar-refractivity contribution in [3.8, 4) is 0 Å². The first kappa shape index (κ1) is 17.7. The van der Waals surface area contributed by atoms with E-state index in [1.165, 1.54) is 6.92 Å². The van der Waals surface area contributed by atoms with Gasteiger partial charge >= 0.3 is 6.18 Å². The van der Waals surface area contributed by atoms with Gasteiger partial charge in [0.1, 0.15) is 6.54 Å². The van der Waals surface area contributed by atoms with Gasteiger partial charge in [-0.2, -0.15) is 30.2 Å². The number of alkyl halides is 3. The van der Waals surface area contributed by atoms with E-state index in [9.17, 15) is 21.6 Å². The molecule has 0 spiro atoms. The third-order valence-electron chi connectivity index (χ3n) is 3.43.